The van der Waals surface area contributed by atoms with Crippen molar-refractivity contribution in [1.29, 1.82) is 0 Å². The summed E-state index contributed by atoms with van der Waals surface area (Å²) in [7, 11) is 0. The van der Waals surface area contributed by atoms with Crippen molar-refractivity contribution in [3.05, 3.63) is 70.8 Å². The molecule has 0 unspecified atom stereocenters. The van der Waals surface area contributed by atoms with E-state index >= 15 is 0 Å². The van der Waals surface area contributed by atoms with Gasteiger partial charge in [0.05, 0.1) is 22.3 Å². The summed E-state index contributed by atoms with van der Waals surface area (Å²) in [4.78, 5) is 51.8. The molecule has 2 heterocycles. The lowest BCUT2D eigenvalue weighted by Crippen LogP contribution is -2.31. The van der Waals surface area contributed by atoms with Crippen molar-refractivity contribution in [3.8, 4) is 0 Å². The SMILES string of the molecule is O=C1c2ccccc2C(=O)N1CCCCCCN1C(=O)c2ccccc2C1=O. The van der Waals surface area contributed by atoms with E-state index in [0.29, 0.717) is 48.2 Å². The van der Waals surface area contributed by atoms with Crippen LogP contribution in [0.4, 0.5) is 0 Å². The average Bonchev–Trinajstić information content (AvgIpc) is 3.11. The second-order valence-corrected chi connectivity index (χ2v) is 7.03. The van der Waals surface area contributed by atoms with Crippen LogP contribution < -0.4 is 0 Å². The van der Waals surface area contributed by atoms with Crippen LogP contribution in [0.25, 0.3) is 0 Å². The number of hydrogen-bond donors (Lipinski definition) is 0. The summed E-state index contributed by atoms with van der Waals surface area (Å²) in [5.41, 5.74) is 1.88. The molecule has 4 amide bonds. The summed E-state index contributed by atoms with van der Waals surface area (Å²) in [6.07, 6.45) is 3.04. The Kier molecular flexibility index (Phi) is 4.77. The molecule has 6 heteroatoms. The van der Waals surface area contributed by atoms with E-state index in [1.54, 1.807) is 48.5 Å². The van der Waals surface area contributed by atoms with Crippen LogP contribution in [0, 0.1) is 0 Å². The van der Waals surface area contributed by atoms with Gasteiger partial charge in [0.2, 0.25) is 0 Å². The van der Waals surface area contributed by atoms with E-state index in [0.717, 1.165) is 12.8 Å². The number of carbonyl (C=O) groups excluding carboxylic acids is 4. The summed E-state index contributed by atoms with van der Waals surface area (Å²) < 4.78 is 0. The fraction of sp³-hybridized carbons (Fsp3) is 0.273. The number of hydrogen-bond acceptors (Lipinski definition) is 4. The quantitative estimate of drug-likeness (QED) is 0.550. The Balaban J connectivity index is 1.22. The maximum atomic E-state index is 12.3. The van der Waals surface area contributed by atoms with Gasteiger partial charge in [0.15, 0.2) is 0 Å². The molecule has 0 saturated heterocycles. The first-order valence-electron chi connectivity index (χ1n) is 9.50. The number of benzene rings is 2. The number of imide groups is 2. The summed E-state index contributed by atoms with van der Waals surface area (Å²) in [5, 5.41) is 0. The predicted octanol–water partition coefficient (Wildman–Crippen LogP) is 3.14. The topological polar surface area (TPSA) is 74.8 Å². The third-order valence-corrected chi connectivity index (χ3v) is 5.27. The fourth-order valence-electron chi connectivity index (χ4n) is 3.78. The highest BCUT2D eigenvalue weighted by molar-refractivity contribution is 6.22. The normalized spacial score (nSPS) is 15.4. The van der Waals surface area contributed by atoms with E-state index in [4.69, 9.17) is 0 Å². The first-order valence-corrected chi connectivity index (χ1v) is 9.50. The Labute approximate surface area is 162 Å². The molecule has 0 atom stereocenters. The van der Waals surface area contributed by atoms with E-state index in [2.05, 4.69) is 0 Å². The van der Waals surface area contributed by atoms with Crippen LogP contribution in [-0.4, -0.2) is 46.5 Å². The number of nitrogens with zero attached hydrogens (tertiary/aromatic N) is 2. The van der Waals surface area contributed by atoms with Gasteiger partial charge in [-0.3, -0.25) is 29.0 Å². The van der Waals surface area contributed by atoms with Gasteiger partial charge in [-0.05, 0) is 37.1 Å². The Hall–Kier alpha value is -3.28. The molecule has 0 spiro atoms. The third kappa shape index (κ3) is 3.01. The molecule has 0 saturated carbocycles. The van der Waals surface area contributed by atoms with Crippen molar-refractivity contribution in [3.63, 3.8) is 0 Å². The van der Waals surface area contributed by atoms with E-state index in [9.17, 15) is 19.2 Å². The minimum Gasteiger partial charge on any atom is -0.274 e. The first-order chi connectivity index (χ1) is 13.6. The Morgan fingerprint density at radius 1 is 0.464 bits per heavy atom. The van der Waals surface area contributed by atoms with Gasteiger partial charge >= 0.3 is 0 Å². The van der Waals surface area contributed by atoms with Gasteiger partial charge in [0.1, 0.15) is 0 Å². The molecular weight excluding hydrogens is 356 g/mol. The van der Waals surface area contributed by atoms with E-state index in [1.165, 1.54) is 9.80 Å². The Morgan fingerprint density at radius 3 is 1.04 bits per heavy atom. The van der Waals surface area contributed by atoms with Gasteiger partial charge in [-0.1, -0.05) is 37.1 Å². The second kappa shape index (κ2) is 7.38. The molecule has 0 bridgehead atoms. The Bertz CT molecular complexity index is 833. The second-order valence-electron chi connectivity index (χ2n) is 7.03. The van der Waals surface area contributed by atoms with Crippen LogP contribution in [0.3, 0.4) is 0 Å². The van der Waals surface area contributed by atoms with Gasteiger partial charge in [0, 0.05) is 13.1 Å². The number of amides is 4. The van der Waals surface area contributed by atoms with Gasteiger partial charge < -0.3 is 0 Å². The summed E-state index contributed by atoms with van der Waals surface area (Å²) in [5.74, 6) is -0.920. The number of unbranched alkanes of at least 4 members (excludes halogenated alkanes) is 3. The standard InChI is InChI=1S/C22H20N2O4/c25-19-15-9-3-4-10-16(15)20(26)23(19)13-7-1-2-8-14-24-21(27)17-11-5-6-12-18(17)22(24)28/h3-6,9-12H,1-2,7-8,13-14H2. The van der Waals surface area contributed by atoms with Crippen LogP contribution in [-0.2, 0) is 0 Å². The monoisotopic (exact) mass is 376 g/mol. The van der Waals surface area contributed by atoms with Crippen molar-refractivity contribution in [2.24, 2.45) is 0 Å². The van der Waals surface area contributed by atoms with Gasteiger partial charge in [0.25, 0.3) is 23.6 Å². The highest BCUT2D eigenvalue weighted by Crippen LogP contribution is 2.24. The average molecular weight is 376 g/mol. The van der Waals surface area contributed by atoms with Crippen molar-refractivity contribution in [2.45, 2.75) is 25.7 Å². The lowest BCUT2D eigenvalue weighted by molar-refractivity contribution is 0.0630. The van der Waals surface area contributed by atoms with Gasteiger partial charge in [-0.25, -0.2) is 0 Å². The molecule has 0 N–H and O–H groups in total. The van der Waals surface area contributed by atoms with Crippen LogP contribution in [0.15, 0.2) is 48.5 Å². The highest BCUT2D eigenvalue weighted by atomic mass is 16.2. The van der Waals surface area contributed by atoms with E-state index < -0.39 is 0 Å². The molecule has 2 aliphatic rings. The summed E-state index contributed by atoms with van der Waals surface area (Å²) in [6, 6.07) is 13.7. The Morgan fingerprint density at radius 2 is 0.750 bits per heavy atom. The van der Waals surface area contributed by atoms with Crippen LogP contribution in [0.1, 0.15) is 67.1 Å². The molecule has 2 aromatic carbocycles. The summed E-state index contributed by atoms with van der Waals surface area (Å²) >= 11 is 0. The molecule has 2 aromatic rings. The van der Waals surface area contributed by atoms with Crippen molar-refractivity contribution in [2.75, 3.05) is 13.1 Å². The third-order valence-electron chi connectivity index (χ3n) is 5.27. The molecule has 0 aliphatic carbocycles. The smallest absolute Gasteiger partial charge is 0.261 e. The number of carbonyl (C=O) groups is 4. The summed E-state index contributed by atoms with van der Waals surface area (Å²) in [6.45, 7) is 0.777. The molecule has 28 heavy (non-hydrogen) atoms. The molecule has 142 valence electrons. The molecule has 0 fully saturated rings. The van der Waals surface area contributed by atoms with Crippen LogP contribution in [0.5, 0.6) is 0 Å². The van der Waals surface area contributed by atoms with Gasteiger partial charge in [-0.2, -0.15) is 0 Å². The maximum Gasteiger partial charge on any atom is 0.261 e. The van der Waals surface area contributed by atoms with Crippen LogP contribution in [0.2, 0.25) is 0 Å². The molecule has 6 nitrogen and oxygen atoms in total. The highest BCUT2D eigenvalue weighted by Gasteiger charge is 2.35. The van der Waals surface area contributed by atoms with Gasteiger partial charge in [-0.15, -0.1) is 0 Å². The molecule has 2 aliphatic heterocycles. The predicted molar refractivity (Wildman–Crippen MR) is 102 cm³/mol. The largest absolute Gasteiger partial charge is 0.274 e. The van der Waals surface area contributed by atoms with Crippen molar-refractivity contribution in [1.82, 2.24) is 9.80 Å². The zero-order valence-corrected chi connectivity index (χ0v) is 15.4. The maximum absolute atomic E-state index is 12.3. The van der Waals surface area contributed by atoms with E-state index in [-0.39, 0.29) is 23.6 Å². The minimum atomic E-state index is -0.230. The zero-order chi connectivity index (χ0) is 19.7. The minimum absolute atomic E-state index is 0.230. The lowest BCUT2D eigenvalue weighted by Gasteiger charge is -2.15. The zero-order valence-electron chi connectivity index (χ0n) is 15.4. The van der Waals surface area contributed by atoms with Crippen LogP contribution >= 0.6 is 0 Å². The molecule has 0 radical (unpaired) electrons. The fourth-order valence-corrected chi connectivity index (χ4v) is 3.78. The van der Waals surface area contributed by atoms with Crippen molar-refractivity contribution >= 4 is 23.6 Å². The number of rotatable bonds is 7. The molecule has 0 aromatic heterocycles. The first kappa shape index (κ1) is 18.1. The molecule has 4 rings (SSSR count). The van der Waals surface area contributed by atoms with Crippen molar-refractivity contribution < 1.29 is 19.2 Å². The molecular formula is C22H20N2O4. The number of fused-ring (bicyclic) bond motifs is 2. The lowest BCUT2D eigenvalue weighted by atomic mass is 10.1. The van der Waals surface area contributed by atoms with E-state index in [1.807, 2.05) is 0 Å².